The van der Waals surface area contributed by atoms with Gasteiger partial charge in [-0.2, -0.15) is 0 Å². The molecular weight excluding hydrogens is 214 g/mol. The van der Waals surface area contributed by atoms with E-state index in [1.165, 1.54) is 0 Å². The molecule has 2 rings (SSSR count). The normalized spacial score (nSPS) is 23.9. The third-order valence-electron chi connectivity index (χ3n) is 3.44. The largest absolute Gasteiger partial charge is 0.385 e. The molecule has 3 heteroatoms. The molecule has 0 radical (unpaired) electrons. The Morgan fingerprint density at radius 2 is 2.12 bits per heavy atom. The van der Waals surface area contributed by atoms with E-state index in [9.17, 15) is 9.90 Å². The Balaban J connectivity index is 2.09. The van der Waals surface area contributed by atoms with Gasteiger partial charge in [-0.3, -0.25) is 4.79 Å². The number of aliphatic hydroxyl groups is 1. The van der Waals surface area contributed by atoms with Gasteiger partial charge in [0.25, 0.3) is 0 Å². The lowest BCUT2D eigenvalue weighted by molar-refractivity contribution is -0.129. The highest BCUT2D eigenvalue weighted by Crippen LogP contribution is 2.30. The molecular formula is C14H19NO2. The van der Waals surface area contributed by atoms with Gasteiger partial charge >= 0.3 is 0 Å². The highest BCUT2D eigenvalue weighted by atomic mass is 16.3. The number of carbonyl (C=O) groups is 1. The third kappa shape index (κ3) is 2.86. The Morgan fingerprint density at radius 3 is 2.76 bits per heavy atom. The van der Waals surface area contributed by atoms with E-state index >= 15 is 0 Å². The van der Waals surface area contributed by atoms with Crippen LogP contribution in [0.3, 0.4) is 0 Å². The monoisotopic (exact) mass is 233 g/mol. The van der Waals surface area contributed by atoms with Crippen LogP contribution in [0.15, 0.2) is 30.3 Å². The minimum Gasteiger partial charge on any atom is -0.385 e. The number of piperidine rings is 1. The predicted octanol–water partition coefficient (Wildman–Crippen LogP) is 1.81. The van der Waals surface area contributed by atoms with Crippen LogP contribution in [-0.2, 0) is 10.4 Å². The summed E-state index contributed by atoms with van der Waals surface area (Å²) in [5.74, 6) is 0.00594. The van der Waals surface area contributed by atoms with Gasteiger partial charge in [-0.25, -0.2) is 0 Å². The van der Waals surface area contributed by atoms with Crippen molar-refractivity contribution >= 4 is 5.91 Å². The number of hydrogen-bond acceptors (Lipinski definition) is 2. The molecule has 1 amide bonds. The molecule has 0 aliphatic carbocycles. The summed E-state index contributed by atoms with van der Waals surface area (Å²) in [6.07, 6.45) is 2.36. The van der Waals surface area contributed by atoms with E-state index in [4.69, 9.17) is 0 Å². The SMILES string of the molecule is CC(O)(CC1CCCNC1=O)c1ccccc1. The lowest BCUT2D eigenvalue weighted by Gasteiger charge is -2.30. The third-order valence-corrected chi connectivity index (χ3v) is 3.44. The molecule has 0 bridgehead atoms. The fourth-order valence-corrected chi connectivity index (χ4v) is 2.43. The highest BCUT2D eigenvalue weighted by molar-refractivity contribution is 5.79. The quantitative estimate of drug-likeness (QED) is 0.836. The summed E-state index contributed by atoms with van der Waals surface area (Å²) in [6, 6.07) is 9.55. The van der Waals surface area contributed by atoms with Crippen LogP contribution in [0.1, 0.15) is 31.7 Å². The average Bonchev–Trinajstić information content (AvgIpc) is 2.33. The first-order chi connectivity index (χ1) is 8.09. The number of amides is 1. The number of hydrogen-bond donors (Lipinski definition) is 2. The summed E-state index contributed by atoms with van der Waals surface area (Å²) >= 11 is 0. The van der Waals surface area contributed by atoms with Crippen molar-refractivity contribution in [1.82, 2.24) is 5.32 Å². The second-order valence-electron chi connectivity index (χ2n) is 4.97. The van der Waals surface area contributed by atoms with Crippen LogP contribution in [0.25, 0.3) is 0 Å². The van der Waals surface area contributed by atoms with Crippen molar-refractivity contribution in [3.05, 3.63) is 35.9 Å². The van der Waals surface area contributed by atoms with Gasteiger partial charge in [0.2, 0.25) is 5.91 Å². The fourth-order valence-electron chi connectivity index (χ4n) is 2.43. The first-order valence-electron chi connectivity index (χ1n) is 6.15. The molecule has 2 unspecified atom stereocenters. The standard InChI is InChI=1S/C14H19NO2/c1-14(17,12-7-3-2-4-8-12)10-11-6-5-9-15-13(11)16/h2-4,7-8,11,17H,5-6,9-10H2,1H3,(H,15,16). The maximum atomic E-state index is 11.7. The smallest absolute Gasteiger partial charge is 0.223 e. The first-order valence-corrected chi connectivity index (χ1v) is 6.15. The molecule has 0 saturated carbocycles. The molecule has 3 nitrogen and oxygen atoms in total. The van der Waals surface area contributed by atoms with Gasteiger partial charge in [-0.05, 0) is 31.7 Å². The van der Waals surface area contributed by atoms with Crippen molar-refractivity contribution in [2.45, 2.75) is 31.8 Å². The summed E-state index contributed by atoms with van der Waals surface area (Å²) in [6.45, 7) is 2.55. The summed E-state index contributed by atoms with van der Waals surface area (Å²) in [4.78, 5) is 11.7. The molecule has 2 N–H and O–H groups in total. The van der Waals surface area contributed by atoms with E-state index in [1.54, 1.807) is 6.92 Å². The maximum absolute atomic E-state index is 11.7. The Hall–Kier alpha value is -1.35. The van der Waals surface area contributed by atoms with Crippen LogP contribution in [0, 0.1) is 5.92 Å². The van der Waals surface area contributed by atoms with E-state index in [2.05, 4.69) is 5.32 Å². The molecule has 0 spiro atoms. The molecule has 1 saturated heterocycles. The molecule has 92 valence electrons. The van der Waals surface area contributed by atoms with E-state index in [-0.39, 0.29) is 11.8 Å². The number of nitrogens with one attached hydrogen (secondary N) is 1. The summed E-state index contributed by atoms with van der Waals surface area (Å²) < 4.78 is 0. The number of rotatable bonds is 3. The average molecular weight is 233 g/mol. The molecule has 1 aromatic rings. The van der Waals surface area contributed by atoms with Gasteiger partial charge in [0, 0.05) is 12.5 Å². The van der Waals surface area contributed by atoms with Crippen molar-refractivity contribution in [2.24, 2.45) is 5.92 Å². The van der Waals surface area contributed by atoms with E-state index in [1.807, 2.05) is 30.3 Å². The first kappa shape index (κ1) is 12.1. The van der Waals surface area contributed by atoms with Gasteiger partial charge in [0.15, 0.2) is 0 Å². The Bertz CT molecular complexity index is 386. The van der Waals surface area contributed by atoms with E-state index in [0.29, 0.717) is 6.42 Å². The van der Waals surface area contributed by atoms with Crippen LogP contribution < -0.4 is 5.32 Å². The zero-order valence-electron chi connectivity index (χ0n) is 10.1. The van der Waals surface area contributed by atoms with Crippen LogP contribution in [0.2, 0.25) is 0 Å². The zero-order valence-corrected chi connectivity index (χ0v) is 10.1. The van der Waals surface area contributed by atoms with Crippen LogP contribution >= 0.6 is 0 Å². The second kappa shape index (κ2) is 4.88. The second-order valence-corrected chi connectivity index (χ2v) is 4.97. The minimum atomic E-state index is -0.930. The van der Waals surface area contributed by atoms with Gasteiger partial charge in [0.05, 0.1) is 5.60 Å². The molecule has 1 fully saturated rings. The Kier molecular flexibility index (Phi) is 3.48. The summed E-state index contributed by atoms with van der Waals surface area (Å²) in [5, 5.41) is 13.3. The number of benzene rings is 1. The molecule has 1 heterocycles. The van der Waals surface area contributed by atoms with Crippen LogP contribution in [-0.4, -0.2) is 17.6 Å². The molecule has 1 aliphatic rings. The number of carbonyl (C=O) groups excluding carboxylic acids is 1. The van der Waals surface area contributed by atoms with Gasteiger partial charge in [-0.15, -0.1) is 0 Å². The summed E-state index contributed by atoms with van der Waals surface area (Å²) in [5.41, 5.74) is -0.0565. The topological polar surface area (TPSA) is 49.3 Å². The van der Waals surface area contributed by atoms with Crippen molar-refractivity contribution in [2.75, 3.05) is 6.54 Å². The molecule has 1 aliphatic heterocycles. The van der Waals surface area contributed by atoms with Crippen LogP contribution in [0.5, 0.6) is 0 Å². The molecule has 1 aromatic carbocycles. The van der Waals surface area contributed by atoms with Gasteiger partial charge < -0.3 is 10.4 Å². The zero-order chi connectivity index (χ0) is 12.3. The van der Waals surface area contributed by atoms with Crippen molar-refractivity contribution < 1.29 is 9.90 Å². The molecule has 0 aromatic heterocycles. The minimum absolute atomic E-state index is 0.0704. The summed E-state index contributed by atoms with van der Waals surface area (Å²) in [7, 11) is 0. The predicted molar refractivity (Wildman–Crippen MR) is 66.4 cm³/mol. The Morgan fingerprint density at radius 1 is 1.41 bits per heavy atom. The maximum Gasteiger partial charge on any atom is 0.223 e. The fraction of sp³-hybridized carbons (Fsp3) is 0.500. The lowest BCUT2D eigenvalue weighted by Crippen LogP contribution is -2.40. The van der Waals surface area contributed by atoms with Crippen LogP contribution in [0.4, 0.5) is 0 Å². The van der Waals surface area contributed by atoms with Crippen molar-refractivity contribution in [3.63, 3.8) is 0 Å². The lowest BCUT2D eigenvalue weighted by atomic mass is 9.82. The van der Waals surface area contributed by atoms with Crippen molar-refractivity contribution in [1.29, 1.82) is 0 Å². The van der Waals surface area contributed by atoms with Gasteiger partial charge in [0.1, 0.15) is 0 Å². The highest BCUT2D eigenvalue weighted by Gasteiger charge is 2.32. The van der Waals surface area contributed by atoms with E-state index < -0.39 is 5.60 Å². The molecule has 17 heavy (non-hydrogen) atoms. The van der Waals surface area contributed by atoms with E-state index in [0.717, 1.165) is 24.9 Å². The van der Waals surface area contributed by atoms with Gasteiger partial charge in [-0.1, -0.05) is 30.3 Å². The molecule has 2 atom stereocenters. The Labute approximate surface area is 102 Å². The van der Waals surface area contributed by atoms with Crippen molar-refractivity contribution in [3.8, 4) is 0 Å².